The lowest BCUT2D eigenvalue weighted by atomic mass is 9.76. The highest BCUT2D eigenvalue weighted by molar-refractivity contribution is 5.93. The molecule has 0 aliphatic carbocycles. The normalized spacial score (nSPS) is 35.1. The highest BCUT2D eigenvalue weighted by atomic mass is 16.5. The van der Waals surface area contributed by atoms with Crippen molar-refractivity contribution in [3.8, 4) is 0 Å². The van der Waals surface area contributed by atoms with E-state index in [4.69, 9.17) is 4.74 Å². The molecule has 2 amide bonds. The minimum atomic E-state index is -0.663. The highest BCUT2D eigenvalue weighted by Gasteiger charge is 2.67. The van der Waals surface area contributed by atoms with Crippen molar-refractivity contribution in [2.24, 2.45) is 11.8 Å². The van der Waals surface area contributed by atoms with Crippen molar-refractivity contribution in [1.29, 1.82) is 0 Å². The predicted molar refractivity (Wildman–Crippen MR) is 90.8 cm³/mol. The summed E-state index contributed by atoms with van der Waals surface area (Å²) >= 11 is 0. The molecule has 1 aromatic rings. The number of aromatic nitrogens is 1. The Morgan fingerprint density at radius 1 is 1.35 bits per heavy atom. The molecule has 4 aliphatic heterocycles. The molecule has 0 aromatic carbocycles. The zero-order valence-electron chi connectivity index (χ0n) is 14.3. The smallest absolute Gasteiger partial charge is 0.230 e. The van der Waals surface area contributed by atoms with Crippen LogP contribution < -0.4 is 0 Å². The molecule has 2 bridgehead atoms. The molecular weight excluding hydrogens is 334 g/mol. The van der Waals surface area contributed by atoms with E-state index in [0.29, 0.717) is 26.2 Å². The Morgan fingerprint density at radius 3 is 2.85 bits per heavy atom. The number of carbonyl (C=O) groups is 2. The maximum Gasteiger partial charge on any atom is 0.230 e. The minimum absolute atomic E-state index is 0.00493. The van der Waals surface area contributed by atoms with E-state index in [2.05, 4.69) is 4.98 Å². The zero-order valence-corrected chi connectivity index (χ0v) is 14.3. The number of aliphatic hydroxyl groups excluding tert-OH is 1. The van der Waals surface area contributed by atoms with Crippen molar-refractivity contribution in [3.63, 3.8) is 0 Å². The second-order valence-corrected chi connectivity index (χ2v) is 7.66. The van der Waals surface area contributed by atoms with Crippen LogP contribution in [-0.4, -0.2) is 75.7 Å². The summed E-state index contributed by atoms with van der Waals surface area (Å²) < 4.78 is 6.12. The number of likely N-dealkylation sites (tertiary alicyclic amines) is 2. The molecule has 7 heteroatoms. The molecule has 3 saturated heterocycles. The standard InChI is InChI=1S/C19H21N3O4/c23-13-9-22(10-13)17(24)15-14-1-5-19(26-14)11-21(18(25)16(15)19)8-4-12-2-6-20-7-3-12/h1-3,5-7,13-16,23H,4,8-11H2/t14-,15+,16-,19-/m0/s1. The first kappa shape index (κ1) is 16.0. The number of rotatable bonds is 4. The summed E-state index contributed by atoms with van der Waals surface area (Å²) in [5.74, 6) is -0.975. The summed E-state index contributed by atoms with van der Waals surface area (Å²) in [6, 6.07) is 3.90. The van der Waals surface area contributed by atoms with Gasteiger partial charge in [0.1, 0.15) is 5.60 Å². The second-order valence-electron chi connectivity index (χ2n) is 7.66. The number of aliphatic hydroxyl groups is 1. The molecule has 1 spiro atoms. The van der Waals surface area contributed by atoms with Gasteiger partial charge in [0.25, 0.3) is 0 Å². The molecular formula is C19H21N3O4. The van der Waals surface area contributed by atoms with Crippen molar-refractivity contribution in [2.75, 3.05) is 26.2 Å². The van der Waals surface area contributed by atoms with E-state index in [1.165, 1.54) is 0 Å². The van der Waals surface area contributed by atoms with Crippen molar-refractivity contribution in [1.82, 2.24) is 14.8 Å². The number of hydrogen-bond donors (Lipinski definition) is 1. The van der Waals surface area contributed by atoms with E-state index in [1.807, 2.05) is 29.2 Å². The lowest BCUT2D eigenvalue weighted by Crippen LogP contribution is -2.57. The van der Waals surface area contributed by atoms with E-state index < -0.39 is 23.5 Å². The van der Waals surface area contributed by atoms with Gasteiger partial charge in [-0.05, 0) is 24.1 Å². The summed E-state index contributed by atoms with van der Waals surface area (Å²) in [7, 11) is 0. The molecule has 7 nitrogen and oxygen atoms in total. The predicted octanol–water partition coefficient (Wildman–Crippen LogP) is -0.391. The largest absolute Gasteiger partial charge is 0.389 e. The quantitative estimate of drug-likeness (QED) is 0.744. The molecule has 136 valence electrons. The summed E-state index contributed by atoms with van der Waals surface area (Å²) in [5, 5.41) is 9.48. The maximum atomic E-state index is 13.1. The SMILES string of the molecule is O=C([C@@H]1[C@@H]2C=C[C@@]3(CN(CCc4ccncc4)C(=O)[C@H]13)O2)N1CC(O)C1. The first-order valence-corrected chi connectivity index (χ1v) is 9.09. The lowest BCUT2D eigenvalue weighted by Gasteiger charge is -2.39. The number of amides is 2. The van der Waals surface area contributed by atoms with Gasteiger partial charge in [0.05, 0.1) is 30.6 Å². The zero-order chi connectivity index (χ0) is 17.9. The summed E-state index contributed by atoms with van der Waals surface area (Å²) in [5.41, 5.74) is 0.467. The number of fused-ring (bicyclic) bond motifs is 1. The first-order chi connectivity index (χ1) is 12.6. The summed E-state index contributed by atoms with van der Waals surface area (Å²) in [6.45, 7) is 1.81. The second kappa shape index (κ2) is 5.62. The molecule has 0 unspecified atom stereocenters. The third-order valence-electron chi connectivity index (χ3n) is 6.06. The molecule has 3 fully saturated rings. The Bertz CT molecular complexity index is 776. The van der Waals surface area contributed by atoms with Crippen LogP contribution >= 0.6 is 0 Å². The Kier molecular flexibility index (Phi) is 3.45. The molecule has 5 heterocycles. The topological polar surface area (TPSA) is 83.0 Å². The van der Waals surface area contributed by atoms with Gasteiger partial charge < -0.3 is 19.6 Å². The van der Waals surface area contributed by atoms with E-state index in [9.17, 15) is 14.7 Å². The molecule has 26 heavy (non-hydrogen) atoms. The van der Waals surface area contributed by atoms with Crippen LogP contribution in [0.3, 0.4) is 0 Å². The van der Waals surface area contributed by atoms with E-state index in [-0.39, 0.29) is 17.9 Å². The number of pyridine rings is 1. The van der Waals surface area contributed by atoms with Crippen LogP contribution in [0.25, 0.3) is 0 Å². The number of carbonyl (C=O) groups excluding carboxylic acids is 2. The van der Waals surface area contributed by atoms with Gasteiger partial charge in [0, 0.05) is 32.0 Å². The number of hydrogen-bond acceptors (Lipinski definition) is 5. The third-order valence-corrected chi connectivity index (χ3v) is 6.06. The van der Waals surface area contributed by atoms with E-state index >= 15 is 0 Å². The monoisotopic (exact) mass is 355 g/mol. The Labute approximate surface area is 151 Å². The maximum absolute atomic E-state index is 13.1. The van der Waals surface area contributed by atoms with Crippen LogP contribution in [0.5, 0.6) is 0 Å². The fourth-order valence-electron chi connectivity index (χ4n) is 4.71. The molecule has 1 aromatic heterocycles. The molecule has 4 aliphatic rings. The van der Waals surface area contributed by atoms with Gasteiger partial charge in [-0.3, -0.25) is 14.6 Å². The van der Waals surface area contributed by atoms with Crippen molar-refractivity contribution in [2.45, 2.75) is 24.2 Å². The van der Waals surface area contributed by atoms with Crippen molar-refractivity contribution < 1.29 is 19.4 Å². The van der Waals surface area contributed by atoms with Gasteiger partial charge in [0.15, 0.2) is 0 Å². The number of nitrogens with zero attached hydrogens (tertiary/aromatic N) is 3. The van der Waals surface area contributed by atoms with Gasteiger partial charge in [-0.25, -0.2) is 0 Å². The van der Waals surface area contributed by atoms with Crippen LogP contribution in [0.1, 0.15) is 5.56 Å². The Morgan fingerprint density at radius 2 is 2.12 bits per heavy atom. The third kappa shape index (κ3) is 2.23. The van der Waals surface area contributed by atoms with Gasteiger partial charge in [-0.15, -0.1) is 0 Å². The number of β-amino-alcohol motifs (C(OH)–C–C–N with tert-alkyl or cyclic N) is 1. The van der Waals surface area contributed by atoms with Crippen LogP contribution in [0.15, 0.2) is 36.7 Å². The number of ether oxygens (including phenoxy) is 1. The molecule has 1 N–H and O–H groups in total. The minimum Gasteiger partial charge on any atom is -0.389 e. The average molecular weight is 355 g/mol. The molecule has 5 rings (SSSR count). The summed E-state index contributed by atoms with van der Waals surface area (Å²) in [4.78, 5) is 33.4. The van der Waals surface area contributed by atoms with Gasteiger partial charge in [0.2, 0.25) is 11.8 Å². The fraction of sp³-hybridized carbons (Fsp3) is 0.526. The highest BCUT2D eigenvalue weighted by Crippen LogP contribution is 2.52. The van der Waals surface area contributed by atoms with Crippen LogP contribution in [0.2, 0.25) is 0 Å². The van der Waals surface area contributed by atoms with Crippen molar-refractivity contribution >= 4 is 11.8 Å². The first-order valence-electron chi connectivity index (χ1n) is 9.09. The van der Waals surface area contributed by atoms with Gasteiger partial charge >= 0.3 is 0 Å². The molecule has 0 saturated carbocycles. The van der Waals surface area contributed by atoms with E-state index in [0.717, 1.165) is 12.0 Å². The van der Waals surface area contributed by atoms with Crippen molar-refractivity contribution in [3.05, 3.63) is 42.2 Å². The molecule has 0 radical (unpaired) electrons. The van der Waals surface area contributed by atoms with Crippen LogP contribution in [-0.2, 0) is 20.7 Å². The molecule has 4 atom stereocenters. The van der Waals surface area contributed by atoms with Gasteiger partial charge in [-0.2, -0.15) is 0 Å². The van der Waals surface area contributed by atoms with Crippen LogP contribution in [0.4, 0.5) is 0 Å². The summed E-state index contributed by atoms with van der Waals surface area (Å²) in [6.07, 6.45) is 7.38. The van der Waals surface area contributed by atoms with E-state index in [1.54, 1.807) is 17.3 Å². The average Bonchev–Trinajstić information content (AvgIpc) is 3.26. The Hall–Kier alpha value is -2.25. The van der Waals surface area contributed by atoms with Crippen LogP contribution in [0, 0.1) is 11.8 Å². The fourth-order valence-corrected chi connectivity index (χ4v) is 4.71. The Balaban J connectivity index is 1.33. The van der Waals surface area contributed by atoms with Gasteiger partial charge in [-0.1, -0.05) is 12.2 Å². The lowest BCUT2D eigenvalue weighted by molar-refractivity contribution is -0.151.